The number of rotatable bonds is 3. The van der Waals surface area contributed by atoms with Gasteiger partial charge in [-0.1, -0.05) is 38.0 Å². The van der Waals surface area contributed by atoms with Gasteiger partial charge in [0.25, 0.3) is 0 Å². The third kappa shape index (κ3) is 2.32. The van der Waals surface area contributed by atoms with Crippen molar-refractivity contribution in [3.05, 3.63) is 29.8 Å². The summed E-state index contributed by atoms with van der Waals surface area (Å²) >= 11 is 0. The number of hydrogen-bond acceptors (Lipinski definition) is 2. The fourth-order valence-electron chi connectivity index (χ4n) is 1.97. The molecule has 2 rings (SSSR count). The molecule has 1 atom stereocenters. The topological polar surface area (TPSA) is 38.4 Å². The van der Waals surface area contributed by atoms with E-state index in [1.54, 1.807) is 0 Å². The van der Waals surface area contributed by atoms with Gasteiger partial charge < -0.3 is 5.73 Å². The third-order valence-electron chi connectivity index (χ3n) is 2.77. The Morgan fingerprint density at radius 2 is 2.07 bits per heavy atom. The number of unbranched alkanes of at least 4 members (excludes halogenated alkanes) is 1. The van der Waals surface area contributed by atoms with Crippen LogP contribution in [-0.4, -0.2) is 5.84 Å². The molecule has 0 aromatic heterocycles. The molecule has 3 heteroatoms. The minimum Gasteiger partial charge on any atom is -0.387 e. The van der Waals surface area contributed by atoms with Gasteiger partial charge in [-0.05, 0) is 18.1 Å². The molecular weight excluding hydrogens is 208 g/mol. The molecule has 1 aromatic rings. The average Bonchev–Trinajstić information content (AvgIpc) is 2.51. The summed E-state index contributed by atoms with van der Waals surface area (Å²) < 4.78 is 0. The first kappa shape index (κ1) is 12.1. The van der Waals surface area contributed by atoms with Crippen molar-refractivity contribution in [2.75, 3.05) is 0 Å². The lowest BCUT2D eigenvalue weighted by atomic mass is 9.94. The molecule has 0 amide bonds. The van der Waals surface area contributed by atoms with E-state index in [1.807, 2.05) is 12.1 Å². The molecule has 2 nitrogen and oxygen atoms in total. The maximum absolute atomic E-state index is 5.92. The lowest BCUT2D eigenvalue weighted by Gasteiger charge is -2.10. The van der Waals surface area contributed by atoms with Gasteiger partial charge in [-0.2, -0.15) is 0 Å². The first-order valence-electron chi connectivity index (χ1n) is 5.26. The van der Waals surface area contributed by atoms with Crippen LogP contribution >= 0.6 is 12.4 Å². The quantitative estimate of drug-likeness (QED) is 0.840. The van der Waals surface area contributed by atoms with Gasteiger partial charge in [0, 0.05) is 5.92 Å². The summed E-state index contributed by atoms with van der Waals surface area (Å²) in [7, 11) is 0. The van der Waals surface area contributed by atoms with Gasteiger partial charge in [0.15, 0.2) is 0 Å². The molecule has 0 saturated heterocycles. The van der Waals surface area contributed by atoms with Gasteiger partial charge in [0.05, 0.1) is 5.69 Å². The minimum absolute atomic E-state index is 0. The van der Waals surface area contributed by atoms with Crippen LogP contribution in [0.15, 0.2) is 29.3 Å². The molecule has 1 aromatic carbocycles. The second-order valence-electron chi connectivity index (χ2n) is 3.79. The largest absolute Gasteiger partial charge is 0.387 e. The van der Waals surface area contributed by atoms with Crippen LogP contribution in [0.1, 0.15) is 37.7 Å². The maximum atomic E-state index is 5.92. The van der Waals surface area contributed by atoms with Crippen molar-refractivity contribution in [2.45, 2.75) is 32.1 Å². The van der Waals surface area contributed by atoms with Gasteiger partial charge in [-0.25, -0.2) is 4.99 Å². The van der Waals surface area contributed by atoms with E-state index in [1.165, 1.54) is 18.4 Å². The third-order valence-corrected chi connectivity index (χ3v) is 2.77. The maximum Gasteiger partial charge on any atom is 0.107 e. The van der Waals surface area contributed by atoms with E-state index in [2.05, 4.69) is 24.0 Å². The Morgan fingerprint density at radius 1 is 1.33 bits per heavy atom. The Labute approximate surface area is 97.0 Å². The van der Waals surface area contributed by atoms with Crippen LogP contribution in [0, 0.1) is 0 Å². The standard InChI is InChI=1S/C12H16N2.ClH/c1-2-3-6-10-9-7-4-5-8-11(9)14-12(10)13;/h4-5,7-8,10H,2-3,6H2,1H3,(H2,13,14);1H. The summed E-state index contributed by atoms with van der Waals surface area (Å²) in [6.07, 6.45) is 3.56. The summed E-state index contributed by atoms with van der Waals surface area (Å²) in [5.41, 5.74) is 8.29. The first-order chi connectivity index (χ1) is 6.83. The van der Waals surface area contributed by atoms with Gasteiger partial charge in [0.2, 0.25) is 0 Å². The molecular formula is C12H17ClN2. The minimum atomic E-state index is 0. The van der Waals surface area contributed by atoms with Crippen LogP contribution in [0.2, 0.25) is 0 Å². The molecule has 1 heterocycles. The lowest BCUT2D eigenvalue weighted by molar-refractivity contribution is 0.688. The molecule has 2 N–H and O–H groups in total. The van der Waals surface area contributed by atoms with Crippen molar-refractivity contribution in [1.82, 2.24) is 0 Å². The van der Waals surface area contributed by atoms with Crippen LogP contribution in [0.3, 0.4) is 0 Å². The average molecular weight is 225 g/mol. The van der Waals surface area contributed by atoms with Gasteiger partial charge >= 0.3 is 0 Å². The molecule has 82 valence electrons. The molecule has 0 fully saturated rings. The number of benzene rings is 1. The predicted molar refractivity (Wildman–Crippen MR) is 67.2 cm³/mol. The number of nitrogens with zero attached hydrogens (tertiary/aromatic N) is 1. The Morgan fingerprint density at radius 3 is 2.80 bits per heavy atom. The number of para-hydroxylation sites is 1. The highest BCUT2D eigenvalue weighted by molar-refractivity contribution is 5.95. The molecule has 15 heavy (non-hydrogen) atoms. The second kappa shape index (κ2) is 5.17. The summed E-state index contributed by atoms with van der Waals surface area (Å²) in [6.45, 7) is 2.20. The van der Waals surface area contributed by atoms with Crippen molar-refractivity contribution in [3.8, 4) is 0 Å². The van der Waals surface area contributed by atoms with Crippen molar-refractivity contribution < 1.29 is 0 Å². The van der Waals surface area contributed by atoms with E-state index in [9.17, 15) is 0 Å². The SMILES string of the molecule is CCCCC1C(N)=Nc2ccccc21.Cl. The Bertz CT molecular complexity index is 360. The number of halogens is 1. The van der Waals surface area contributed by atoms with E-state index in [-0.39, 0.29) is 12.4 Å². The number of hydrogen-bond donors (Lipinski definition) is 1. The molecule has 0 bridgehead atoms. The van der Waals surface area contributed by atoms with E-state index < -0.39 is 0 Å². The first-order valence-corrected chi connectivity index (χ1v) is 5.26. The fourth-order valence-corrected chi connectivity index (χ4v) is 1.97. The zero-order valence-electron chi connectivity index (χ0n) is 8.94. The number of amidine groups is 1. The summed E-state index contributed by atoms with van der Waals surface area (Å²) in [4.78, 5) is 4.38. The number of fused-ring (bicyclic) bond motifs is 1. The Hall–Kier alpha value is -1.02. The molecule has 0 saturated carbocycles. The molecule has 0 spiro atoms. The van der Waals surface area contributed by atoms with Crippen LogP contribution in [0.4, 0.5) is 5.69 Å². The number of aliphatic imine (C=N–C) groups is 1. The van der Waals surface area contributed by atoms with Crippen LogP contribution in [-0.2, 0) is 0 Å². The highest BCUT2D eigenvalue weighted by atomic mass is 35.5. The van der Waals surface area contributed by atoms with Gasteiger partial charge in [0.1, 0.15) is 5.84 Å². The van der Waals surface area contributed by atoms with Crippen LogP contribution in [0.25, 0.3) is 0 Å². The van der Waals surface area contributed by atoms with Crippen LogP contribution in [0.5, 0.6) is 0 Å². The predicted octanol–water partition coefficient (Wildman–Crippen LogP) is 3.38. The van der Waals surface area contributed by atoms with E-state index in [0.717, 1.165) is 17.9 Å². The van der Waals surface area contributed by atoms with E-state index in [4.69, 9.17) is 5.73 Å². The fraction of sp³-hybridized carbons (Fsp3) is 0.417. The summed E-state index contributed by atoms with van der Waals surface area (Å²) in [5.74, 6) is 1.16. The van der Waals surface area contributed by atoms with Gasteiger partial charge in [-0.3, -0.25) is 0 Å². The molecule has 1 aliphatic heterocycles. The Balaban J connectivity index is 0.00000112. The molecule has 1 unspecified atom stereocenters. The Kier molecular flexibility index (Phi) is 4.15. The monoisotopic (exact) mass is 224 g/mol. The van der Waals surface area contributed by atoms with Crippen molar-refractivity contribution in [1.29, 1.82) is 0 Å². The molecule has 0 radical (unpaired) electrons. The lowest BCUT2D eigenvalue weighted by Crippen LogP contribution is -2.17. The molecule has 0 aliphatic carbocycles. The van der Waals surface area contributed by atoms with Crippen molar-refractivity contribution in [3.63, 3.8) is 0 Å². The smallest absolute Gasteiger partial charge is 0.107 e. The van der Waals surface area contributed by atoms with Crippen molar-refractivity contribution in [2.24, 2.45) is 10.7 Å². The highest BCUT2D eigenvalue weighted by Gasteiger charge is 2.23. The van der Waals surface area contributed by atoms with Gasteiger partial charge in [-0.15, -0.1) is 12.4 Å². The summed E-state index contributed by atoms with van der Waals surface area (Å²) in [6, 6.07) is 8.25. The van der Waals surface area contributed by atoms with Crippen molar-refractivity contribution >= 4 is 23.9 Å². The number of nitrogens with two attached hydrogens (primary N) is 1. The zero-order chi connectivity index (χ0) is 9.97. The van der Waals surface area contributed by atoms with E-state index in [0.29, 0.717) is 5.92 Å². The molecule has 1 aliphatic rings. The van der Waals surface area contributed by atoms with E-state index >= 15 is 0 Å². The normalized spacial score (nSPS) is 17.9. The zero-order valence-corrected chi connectivity index (χ0v) is 9.76. The van der Waals surface area contributed by atoms with Crippen LogP contribution < -0.4 is 5.73 Å². The highest BCUT2D eigenvalue weighted by Crippen LogP contribution is 2.36. The summed E-state index contributed by atoms with van der Waals surface area (Å²) in [5, 5.41) is 0. The second-order valence-corrected chi connectivity index (χ2v) is 3.79.